The first-order chi connectivity index (χ1) is 6.40. The Hall–Kier alpha value is -0.0500. The fourth-order valence-corrected chi connectivity index (χ4v) is 2.07. The molecule has 0 aromatic heterocycles. The van der Waals surface area contributed by atoms with Gasteiger partial charge in [0.15, 0.2) is 0 Å². The summed E-state index contributed by atoms with van der Waals surface area (Å²) >= 11 is 5.82. The van der Waals surface area contributed by atoms with Crippen molar-refractivity contribution in [2.45, 2.75) is 12.8 Å². The van der Waals surface area contributed by atoms with Crippen LogP contribution >= 0.6 is 28.6 Å². The first kappa shape index (κ1) is 12.0. The fraction of sp³-hybridized carbons (Fsp3) is 0.455. The number of hydrogen-bond acceptors (Lipinski definition) is 1. The van der Waals surface area contributed by atoms with Crippen LogP contribution in [0, 0.1) is 0 Å². The number of halogens is 2. The minimum Gasteiger partial charge on any atom is -0.289 e. The summed E-state index contributed by atoms with van der Waals surface area (Å²) in [6.45, 7) is 2.20. The van der Waals surface area contributed by atoms with Crippen LogP contribution in [-0.4, -0.2) is 24.0 Å². The van der Waals surface area contributed by atoms with Crippen LogP contribution in [0.2, 0.25) is 0 Å². The number of nitrogens with zero attached hydrogens (tertiary/aromatic N) is 1. The molecule has 0 spiro atoms. The number of benzene rings is 1. The summed E-state index contributed by atoms with van der Waals surface area (Å²) in [5.74, 6) is 0. The van der Waals surface area contributed by atoms with Gasteiger partial charge >= 0.3 is 0 Å². The minimum atomic E-state index is 0. The summed E-state index contributed by atoms with van der Waals surface area (Å²) in [6, 6.07) is 9.36. The maximum absolute atomic E-state index is 5.82. The van der Waals surface area contributed by atoms with Gasteiger partial charge in [0.2, 0.25) is 0 Å². The largest absolute Gasteiger partial charge is 0.289 e. The van der Waals surface area contributed by atoms with Crippen LogP contribution < -0.4 is 0 Å². The van der Waals surface area contributed by atoms with Crippen LogP contribution in [0.15, 0.2) is 24.3 Å². The van der Waals surface area contributed by atoms with Crippen molar-refractivity contribution in [1.82, 2.24) is 4.90 Å². The number of rotatable bonds is 1. The molecule has 0 amide bonds. The molecule has 1 heterocycles. The van der Waals surface area contributed by atoms with E-state index in [1.54, 1.807) is 0 Å². The standard InChI is InChI=1S/C11H14ClN.BrH/c12-9-13-7-5-10-3-1-2-4-11(10)6-8-13;/h1-4H,5-9H2;1H. The highest BCUT2D eigenvalue weighted by atomic mass is 79.9. The van der Waals surface area contributed by atoms with Crippen molar-refractivity contribution in [2.24, 2.45) is 0 Å². The Bertz CT molecular complexity index is 263. The van der Waals surface area contributed by atoms with Crippen molar-refractivity contribution < 1.29 is 0 Å². The normalized spacial score (nSPS) is 16.6. The van der Waals surface area contributed by atoms with Crippen molar-refractivity contribution in [1.29, 1.82) is 0 Å². The summed E-state index contributed by atoms with van der Waals surface area (Å²) in [4.78, 5) is 2.29. The van der Waals surface area contributed by atoms with Crippen molar-refractivity contribution >= 4 is 28.6 Å². The predicted molar refractivity (Wildman–Crippen MR) is 66.5 cm³/mol. The molecule has 0 saturated carbocycles. The lowest BCUT2D eigenvalue weighted by atomic mass is 10.0. The zero-order valence-electron chi connectivity index (χ0n) is 8.08. The topological polar surface area (TPSA) is 3.24 Å². The fourth-order valence-electron chi connectivity index (χ4n) is 1.83. The van der Waals surface area contributed by atoms with E-state index >= 15 is 0 Å². The Labute approximate surface area is 101 Å². The Kier molecular flexibility index (Phi) is 4.93. The summed E-state index contributed by atoms with van der Waals surface area (Å²) in [5, 5.41) is 0. The van der Waals surface area contributed by atoms with Crippen LogP contribution in [0.25, 0.3) is 0 Å². The van der Waals surface area contributed by atoms with E-state index in [0.29, 0.717) is 6.00 Å². The van der Waals surface area contributed by atoms with Gasteiger partial charge in [-0.2, -0.15) is 0 Å². The maximum atomic E-state index is 5.82. The third-order valence-corrected chi connectivity index (χ3v) is 3.02. The Morgan fingerprint density at radius 2 is 1.57 bits per heavy atom. The van der Waals surface area contributed by atoms with E-state index in [4.69, 9.17) is 11.6 Å². The first-order valence-electron chi connectivity index (χ1n) is 4.75. The van der Waals surface area contributed by atoms with Gasteiger partial charge in [-0.15, -0.1) is 28.6 Å². The van der Waals surface area contributed by atoms with E-state index in [-0.39, 0.29) is 17.0 Å². The van der Waals surface area contributed by atoms with Gasteiger partial charge in [-0.1, -0.05) is 24.3 Å². The number of hydrogen-bond donors (Lipinski definition) is 0. The highest BCUT2D eigenvalue weighted by Gasteiger charge is 2.11. The molecule has 1 aliphatic heterocycles. The second kappa shape index (κ2) is 5.74. The molecule has 78 valence electrons. The molecule has 2 rings (SSSR count). The third-order valence-electron chi connectivity index (χ3n) is 2.68. The average Bonchev–Trinajstić information content (AvgIpc) is 2.39. The predicted octanol–water partition coefficient (Wildman–Crippen LogP) is 2.86. The van der Waals surface area contributed by atoms with Gasteiger partial charge in [0.05, 0.1) is 6.00 Å². The quantitative estimate of drug-likeness (QED) is 0.563. The van der Waals surface area contributed by atoms with Crippen LogP contribution in [0.1, 0.15) is 11.1 Å². The molecule has 1 aromatic rings. The van der Waals surface area contributed by atoms with Crippen molar-refractivity contribution in [3.63, 3.8) is 0 Å². The summed E-state index contributed by atoms with van der Waals surface area (Å²) in [6.07, 6.45) is 2.28. The van der Waals surface area contributed by atoms with E-state index < -0.39 is 0 Å². The first-order valence-corrected chi connectivity index (χ1v) is 5.28. The van der Waals surface area contributed by atoms with Crippen LogP contribution in [0.3, 0.4) is 0 Å². The van der Waals surface area contributed by atoms with Crippen molar-refractivity contribution in [2.75, 3.05) is 19.1 Å². The van der Waals surface area contributed by atoms with E-state index in [2.05, 4.69) is 29.2 Å². The maximum Gasteiger partial charge on any atom is 0.0738 e. The summed E-state index contributed by atoms with van der Waals surface area (Å²) in [5.41, 5.74) is 2.99. The molecule has 0 aliphatic carbocycles. The molecule has 0 unspecified atom stereocenters. The highest BCUT2D eigenvalue weighted by Crippen LogP contribution is 2.15. The monoisotopic (exact) mass is 275 g/mol. The van der Waals surface area contributed by atoms with Gasteiger partial charge in [-0.05, 0) is 24.0 Å². The highest BCUT2D eigenvalue weighted by molar-refractivity contribution is 8.93. The molecule has 1 aromatic carbocycles. The van der Waals surface area contributed by atoms with Crippen LogP contribution in [0.5, 0.6) is 0 Å². The molecule has 0 saturated heterocycles. The summed E-state index contributed by atoms with van der Waals surface area (Å²) in [7, 11) is 0. The molecule has 0 atom stereocenters. The zero-order chi connectivity index (χ0) is 9.10. The van der Waals surface area contributed by atoms with Gasteiger partial charge < -0.3 is 0 Å². The third kappa shape index (κ3) is 2.72. The van der Waals surface area contributed by atoms with E-state index in [9.17, 15) is 0 Å². The second-order valence-electron chi connectivity index (χ2n) is 3.51. The molecule has 0 bridgehead atoms. The Morgan fingerprint density at radius 1 is 1.07 bits per heavy atom. The molecule has 1 aliphatic rings. The average molecular weight is 277 g/mol. The molecule has 0 N–H and O–H groups in total. The van der Waals surface area contributed by atoms with Crippen LogP contribution in [0.4, 0.5) is 0 Å². The van der Waals surface area contributed by atoms with Gasteiger partial charge in [0.1, 0.15) is 0 Å². The van der Waals surface area contributed by atoms with E-state index in [1.807, 2.05) is 0 Å². The van der Waals surface area contributed by atoms with Gasteiger partial charge in [0.25, 0.3) is 0 Å². The van der Waals surface area contributed by atoms with Gasteiger partial charge in [-0.3, -0.25) is 4.90 Å². The van der Waals surface area contributed by atoms with Crippen molar-refractivity contribution in [3.8, 4) is 0 Å². The van der Waals surface area contributed by atoms with E-state index in [0.717, 1.165) is 25.9 Å². The van der Waals surface area contributed by atoms with E-state index in [1.165, 1.54) is 11.1 Å². The Balaban J connectivity index is 0.000000980. The number of fused-ring (bicyclic) bond motifs is 1. The molecule has 3 heteroatoms. The molecular formula is C11H15BrClN. The lowest BCUT2D eigenvalue weighted by Crippen LogP contribution is -2.24. The van der Waals surface area contributed by atoms with Crippen molar-refractivity contribution in [3.05, 3.63) is 35.4 Å². The van der Waals surface area contributed by atoms with Gasteiger partial charge in [-0.25, -0.2) is 0 Å². The molecule has 0 radical (unpaired) electrons. The summed E-state index contributed by atoms with van der Waals surface area (Å²) < 4.78 is 0. The lowest BCUT2D eigenvalue weighted by Gasteiger charge is -2.14. The molecule has 1 nitrogen and oxygen atoms in total. The zero-order valence-corrected chi connectivity index (χ0v) is 10.5. The Morgan fingerprint density at radius 3 is 2.00 bits per heavy atom. The smallest absolute Gasteiger partial charge is 0.0738 e. The molecule has 14 heavy (non-hydrogen) atoms. The minimum absolute atomic E-state index is 0. The SMILES string of the molecule is Br.ClCN1CCc2ccccc2CC1. The second-order valence-corrected chi connectivity index (χ2v) is 3.75. The number of alkyl halides is 1. The molecule has 0 fully saturated rings. The lowest BCUT2D eigenvalue weighted by molar-refractivity contribution is 0.335. The van der Waals surface area contributed by atoms with Crippen LogP contribution in [-0.2, 0) is 12.8 Å². The molecular weight excluding hydrogens is 261 g/mol. The van der Waals surface area contributed by atoms with Gasteiger partial charge in [0, 0.05) is 13.1 Å².